The van der Waals surface area contributed by atoms with Crippen LogP contribution in [0.5, 0.6) is 0 Å². The van der Waals surface area contributed by atoms with Crippen molar-refractivity contribution in [1.29, 1.82) is 0 Å². The maximum absolute atomic E-state index is 11.7. The fourth-order valence-corrected chi connectivity index (χ4v) is 1.86. The summed E-state index contributed by atoms with van der Waals surface area (Å²) < 4.78 is 0. The Hall–Kier alpha value is -1.49. The van der Waals surface area contributed by atoms with Crippen molar-refractivity contribution >= 4 is 24.6 Å². The Bertz CT molecular complexity index is 408. The third-order valence-corrected chi connectivity index (χ3v) is 2.84. The molecule has 0 bridgehead atoms. The van der Waals surface area contributed by atoms with E-state index in [0.29, 0.717) is 12.3 Å². The van der Waals surface area contributed by atoms with Gasteiger partial charge in [-0.05, 0) is 5.56 Å². The van der Waals surface area contributed by atoms with E-state index in [-0.39, 0.29) is 11.9 Å². The highest BCUT2D eigenvalue weighted by Crippen LogP contribution is 2.12. The lowest BCUT2D eigenvalue weighted by Gasteiger charge is -2.12. The van der Waals surface area contributed by atoms with E-state index < -0.39 is 6.04 Å². The number of hydrogen-bond donors (Lipinski definition) is 2. The van der Waals surface area contributed by atoms with Crippen LogP contribution < -0.4 is 5.32 Å². The van der Waals surface area contributed by atoms with Crippen LogP contribution in [0.15, 0.2) is 30.3 Å². The quantitative estimate of drug-likeness (QED) is 0.608. The largest absolute Gasteiger partial charge is 0.325 e. The molecule has 2 rings (SSSR count). The number of amides is 3. The van der Waals surface area contributed by atoms with Crippen LogP contribution in [0.3, 0.4) is 0 Å². The van der Waals surface area contributed by atoms with Gasteiger partial charge < -0.3 is 5.32 Å². The summed E-state index contributed by atoms with van der Waals surface area (Å²) >= 11 is 4.02. The second-order valence-corrected chi connectivity index (χ2v) is 3.96. The number of thiol groups is 1. The van der Waals surface area contributed by atoms with Gasteiger partial charge in [0.2, 0.25) is 0 Å². The van der Waals surface area contributed by atoms with Gasteiger partial charge in [-0.25, -0.2) is 4.79 Å². The Balaban J connectivity index is 2.11. The van der Waals surface area contributed by atoms with Crippen molar-refractivity contribution in [2.75, 3.05) is 5.75 Å². The number of hydrogen-bond acceptors (Lipinski definition) is 3. The summed E-state index contributed by atoms with van der Waals surface area (Å²) in [4.78, 5) is 24.5. The van der Waals surface area contributed by atoms with Crippen molar-refractivity contribution in [1.82, 2.24) is 10.2 Å². The van der Waals surface area contributed by atoms with Gasteiger partial charge in [0.25, 0.3) is 5.91 Å². The van der Waals surface area contributed by atoms with Gasteiger partial charge in [-0.15, -0.1) is 0 Å². The summed E-state index contributed by atoms with van der Waals surface area (Å²) in [5.41, 5.74) is 0.936. The van der Waals surface area contributed by atoms with E-state index in [1.54, 1.807) is 0 Å². The molecule has 1 aliphatic heterocycles. The second kappa shape index (κ2) is 4.57. The van der Waals surface area contributed by atoms with Gasteiger partial charge in [-0.3, -0.25) is 9.69 Å². The first kappa shape index (κ1) is 11.0. The Morgan fingerprint density at radius 2 is 1.94 bits per heavy atom. The van der Waals surface area contributed by atoms with Gasteiger partial charge in [0.1, 0.15) is 6.04 Å². The van der Waals surface area contributed by atoms with E-state index >= 15 is 0 Å². The van der Waals surface area contributed by atoms with Crippen molar-refractivity contribution in [3.8, 4) is 0 Å². The first-order chi connectivity index (χ1) is 7.72. The monoisotopic (exact) mass is 236 g/mol. The molecule has 1 saturated heterocycles. The topological polar surface area (TPSA) is 49.4 Å². The molecule has 1 fully saturated rings. The highest BCUT2D eigenvalue weighted by molar-refractivity contribution is 7.80. The maximum Gasteiger partial charge on any atom is 0.325 e. The highest BCUT2D eigenvalue weighted by atomic mass is 32.1. The molecule has 1 aromatic rings. The van der Waals surface area contributed by atoms with E-state index in [9.17, 15) is 9.59 Å². The van der Waals surface area contributed by atoms with Crippen LogP contribution in [0.25, 0.3) is 0 Å². The molecule has 0 radical (unpaired) electrons. The number of carbonyl (C=O) groups is 2. The van der Waals surface area contributed by atoms with Crippen LogP contribution in [0, 0.1) is 0 Å². The molecule has 1 N–H and O–H groups in total. The zero-order valence-electron chi connectivity index (χ0n) is 8.59. The molecule has 3 amide bonds. The average molecular weight is 236 g/mol. The predicted octanol–water partition coefficient (Wildman–Crippen LogP) is 1.04. The molecular formula is C11H12N2O2S. The molecule has 0 spiro atoms. The number of imide groups is 1. The lowest BCUT2D eigenvalue weighted by atomic mass is 10.2. The molecule has 4 nitrogen and oxygen atoms in total. The molecule has 1 atom stereocenters. The highest BCUT2D eigenvalue weighted by Gasteiger charge is 2.36. The standard InChI is InChI=1S/C11H12N2O2S/c14-10-9(7-16)12-11(15)13(10)6-8-4-2-1-3-5-8/h1-5,9,16H,6-7H2,(H,12,15). The van der Waals surface area contributed by atoms with E-state index in [4.69, 9.17) is 0 Å². The Labute approximate surface area is 99.0 Å². The van der Waals surface area contributed by atoms with Crippen LogP contribution >= 0.6 is 12.6 Å². The van der Waals surface area contributed by atoms with Gasteiger partial charge in [-0.2, -0.15) is 12.6 Å². The first-order valence-electron chi connectivity index (χ1n) is 4.99. The molecule has 84 valence electrons. The zero-order chi connectivity index (χ0) is 11.5. The molecule has 5 heteroatoms. The molecule has 1 aliphatic rings. The molecule has 1 heterocycles. The molecular weight excluding hydrogens is 224 g/mol. The van der Waals surface area contributed by atoms with Crippen LogP contribution in [0.1, 0.15) is 5.56 Å². The molecule has 16 heavy (non-hydrogen) atoms. The third kappa shape index (κ3) is 2.04. The van der Waals surface area contributed by atoms with E-state index in [1.165, 1.54) is 4.90 Å². The number of urea groups is 1. The molecule has 0 saturated carbocycles. The minimum atomic E-state index is -0.487. The molecule has 0 aliphatic carbocycles. The third-order valence-electron chi connectivity index (χ3n) is 2.47. The molecule has 0 aromatic heterocycles. The lowest BCUT2D eigenvalue weighted by molar-refractivity contribution is -0.127. The van der Waals surface area contributed by atoms with Crippen LogP contribution in [-0.4, -0.2) is 28.6 Å². The number of benzene rings is 1. The summed E-state index contributed by atoms with van der Waals surface area (Å²) in [6, 6.07) is 8.59. The lowest BCUT2D eigenvalue weighted by Crippen LogP contribution is -2.31. The number of nitrogens with one attached hydrogen (secondary N) is 1. The summed E-state index contributed by atoms with van der Waals surface area (Å²) in [5, 5.41) is 2.58. The van der Waals surface area contributed by atoms with Crippen LogP contribution in [0.4, 0.5) is 4.79 Å². The summed E-state index contributed by atoms with van der Waals surface area (Å²) in [5.74, 6) is 0.124. The summed E-state index contributed by atoms with van der Waals surface area (Å²) in [6.07, 6.45) is 0. The van der Waals surface area contributed by atoms with Crippen molar-refractivity contribution in [3.63, 3.8) is 0 Å². The van der Waals surface area contributed by atoms with E-state index in [1.807, 2.05) is 30.3 Å². The number of rotatable bonds is 3. The van der Waals surface area contributed by atoms with Crippen molar-refractivity contribution in [2.24, 2.45) is 0 Å². The van der Waals surface area contributed by atoms with Gasteiger partial charge in [0.05, 0.1) is 6.54 Å². The van der Waals surface area contributed by atoms with E-state index in [0.717, 1.165) is 5.56 Å². The number of nitrogens with zero attached hydrogens (tertiary/aromatic N) is 1. The summed E-state index contributed by atoms with van der Waals surface area (Å²) in [6.45, 7) is 0.315. The second-order valence-electron chi connectivity index (χ2n) is 3.59. The summed E-state index contributed by atoms with van der Waals surface area (Å²) in [7, 11) is 0. The van der Waals surface area contributed by atoms with Crippen LogP contribution in [-0.2, 0) is 11.3 Å². The van der Waals surface area contributed by atoms with Gasteiger partial charge in [0, 0.05) is 5.75 Å². The Morgan fingerprint density at radius 1 is 1.25 bits per heavy atom. The smallest absolute Gasteiger partial charge is 0.325 e. The van der Waals surface area contributed by atoms with Gasteiger partial charge in [-0.1, -0.05) is 30.3 Å². The minimum absolute atomic E-state index is 0.205. The van der Waals surface area contributed by atoms with Crippen LogP contribution in [0.2, 0.25) is 0 Å². The fourth-order valence-electron chi connectivity index (χ4n) is 1.62. The van der Waals surface area contributed by atoms with Gasteiger partial charge in [0.15, 0.2) is 0 Å². The first-order valence-corrected chi connectivity index (χ1v) is 5.62. The SMILES string of the molecule is O=C1NC(CS)C(=O)N1Cc1ccccc1. The normalized spacial score (nSPS) is 20.1. The zero-order valence-corrected chi connectivity index (χ0v) is 9.48. The fraction of sp³-hybridized carbons (Fsp3) is 0.273. The Kier molecular flexibility index (Phi) is 3.14. The number of carbonyl (C=O) groups excluding carboxylic acids is 2. The van der Waals surface area contributed by atoms with E-state index in [2.05, 4.69) is 17.9 Å². The van der Waals surface area contributed by atoms with Crippen molar-refractivity contribution < 1.29 is 9.59 Å². The molecule has 1 aromatic carbocycles. The van der Waals surface area contributed by atoms with Gasteiger partial charge >= 0.3 is 6.03 Å². The maximum atomic E-state index is 11.7. The average Bonchev–Trinajstić information content (AvgIpc) is 2.58. The Morgan fingerprint density at radius 3 is 2.50 bits per heavy atom. The van der Waals surface area contributed by atoms with Crippen molar-refractivity contribution in [3.05, 3.63) is 35.9 Å². The minimum Gasteiger partial charge on any atom is -0.325 e. The van der Waals surface area contributed by atoms with Crippen molar-refractivity contribution in [2.45, 2.75) is 12.6 Å². The predicted molar refractivity (Wildman–Crippen MR) is 63.2 cm³/mol. The molecule has 1 unspecified atom stereocenters.